The number of carbonyl (C=O) groups excluding carboxylic acids is 1. The molecule has 0 aliphatic carbocycles. The lowest BCUT2D eigenvalue weighted by Crippen LogP contribution is -2.03. The maximum atomic E-state index is 11.5. The number of carbonyl (C=O) groups is 1. The van der Waals surface area contributed by atoms with E-state index < -0.39 is 0 Å². The summed E-state index contributed by atoms with van der Waals surface area (Å²) in [7, 11) is 1.38. The summed E-state index contributed by atoms with van der Waals surface area (Å²) in [4.78, 5) is 15.8. The fourth-order valence-corrected chi connectivity index (χ4v) is 2.66. The van der Waals surface area contributed by atoms with E-state index in [1.54, 1.807) is 18.3 Å². The van der Waals surface area contributed by atoms with Gasteiger partial charge in [-0.05, 0) is 48.9 Å². The summed E-state index contributed by atoms with van der Waals surface area (Å²) in [6.45, 7) is 2.80. The molecule has 1 aromatic heterocycles. The number of anilines is 1. The number of ether oxygens (including phenoxy) is 1. The van der Waals surface area contributed by atoms with E-state index in [2.05, 4.69) is 35.4 Å². The van der Waals surface area contributed by atoms with Crippen LogP contribution in [0.4, 0.5) is 5.69 Å². The molecule has 1 N–H and O–H groups in total. The Labute approximate surface area is 147 Å². The van der Waals surface area contributed by atoms with Crippen LogP contribution < -0.4 is 5.32 Å². The Hall–Kier alpha value is -3.14. The van der Waals surface area contributed by atoms with Crippen molar-refractivity contribution in [3.63, 3.8) is 0 Å². The van der Waals surface area contributed by atoms with Gasteiger partial charge in [0.2, 0.25) is 0 Å². The highest BCUT2D eigenvalue weighted by Crippen LogP contribution is 2.21. The van der Waals surface area contributed by atoms with Crippen molar-refractivity contribution in [2.75, 3.05) is 19.0 Å². The Morgan fingerprint density at radius 1 is 1.12 bits per heavy atom. The number of benzene rings is 2. The molecule has 0 aliphatic rings. The SMILES string of the molecule is COC(=O)c1ccc(/C=C(\C)CNc2cccc3ncccc23)cc1. The van der Waals surface area contributed by atoms with Gasteiger partial charge in [-0.3, -0.25) is 4.98 Å². The van der Waals surface area contributed by atoms with E-state index >= 15 is 0 Å². The van der Waals surface area contributed by atoms with E-state index in [9.17, 15) is 4.79 Å². The first-order valence-corrected chi connectivity index (χ1v) is 8.10. The van der Waals surface area contributed by atoms with Gasteiger partial charge in [0.25, 0.3) is 0 Å². The van der Waals surface area contributed by atoms with E-state index in [4.69, 9.17) is 4.74 Å². The maximum Gasteiger partial charge on any atom is 0.337 e. The number of nitrogens with zero attached hydrogens (tertiary/aromatic N) is 1. The lowest BCUT2D eigenvalue weighted by molar-refractivity contribution is 0.0600. The van der Waals surface area contributed by atoms with Gasteiger partial charge in [-0.25, -0.2) is 4.79 Å². The van der Waals surface area contributed by atoms with E-state index in [1.807, 2.05) is 30.3 Å². The molecule has 126 valence electrons. The number of methoxy groups -OCH3 is 1. The highest BCUT2D eigenvalue weighted by Gasteiger charge is 2.04. The number of pyridine rings is 1. The third-order valence-electron chi connectivity index (χ3n) is 3.95. The average molecular weight is 332 g/mol. The molecule has 0 aliphatic heterocycles. The van der Waals surface area contributed by atoms with Gasteiger partial charge in [0.1, 0.15) is 0 Å². The predicted octanol–water partition coefficient (Wildman–Crippen LogP) is 4.54. The van der Waals surface area contributed by atoms with Gasteiger partial charge in [0.05, 0.1) is 18.2 Å². The minimum atomic E-state index is -0.321. The number of nitrogens with one attached hydrogen (secondary N) is 1. The van der Waals surface area contributed by atoms with Crippen LogP contribution in [0.25, 0.3) is 17.0 Å². The molecule has 0 spiro atoms. The highest BCUT2D eigenvalue weighted by molar-refractivity contribution is 5.91. The summed E-state index contributed by atoms with van der Waals surface area (Å²) in [5.74, 6) is -0.321. The van der Waals surface area contributed by atoms with E-state index in [0.29, 0.717) is 5.56 Å². The third-order valence-corrected chi connectivity index (χ3v) is 3.95. The van der Waals surface area contributed by atoms with Crippen LogP contribution >= 0.6 is 0 Å². The van der Waals surface area contributed by atoms with Crippen molar-refractivity contribution in [1.82, 2.24) is 4.98 Å². The fraction of sp³-hybridized carbons (Fsp3) is 0.143. The van der Waals surface area contributed by atoms with Crippen molar-refractivity contribution in [3.8, 4) is 0 Å². The summed E-state index contributed by atoms with van der Waals surface area (Å²) in [6.07, 6.45) is 3.90. The number of esters is 1. The van der Waals surface area contributed by atoms with Gasteiger partial charge < -0.3 is 10.1 Å². The molecule has 0 amide bonds. The molecule has 2 aromatic carbocycles. The second kappa shape index (κ2) is 7.62. The van der Waals surface area contributed by atoms with Gasteiger partial charge in [-0.2, -0.15) is 0 Å². The van der Waals surface area contributed by atoms with Crippen LogP contribution in [-0.4, -0.2) is 24.6 Å². The largest absolute Gasteiger partial charge is 0.465 e. The molecule has 0 bridgehead atoms. The van der Waals surface area contributed by atoms with Crippen molar-refractivity contribution in [2.45, 2.75) is 6.92 Å². The van der Waals surface area contributed by atoms with Crippen molar-refractivity contribution in [3.05, 3.63) is 77.5 Å². The molecule has 0 saturated carbocycles. The Morgan fingerprint density at radius 3 is 2.68 bits per heavy atom. The smallest absolute Gasteiger partial charge is 0.337 e. The number of hydrogen-bond donors (Lipinski definition) is 1. The standard InChI is InChI=1S/C21H20N2O2/c1-15(13-16-8-10-17(11-9-16)21(24)25-2)14-23-20-7-3-6-19-18(20)5-4-12-22-19/h3-13,23H,14H2,1-2H3/b15-13+. The summed E-state index contributed by atoms with van der Waals surface area (Å²) >= 11 is 0. The van der Waals surface area contributed by atoms with Crippen molar-refractivity contribution < 1.29 is 9.53 Å². The zero-order valence-corrected chi connectivity index (χ0v) is 14.3. The average Bonchev–Trinajstić information content (AvgIpc) is 2.66. The lowest BCUT2D eigenvalue weighted by Gasteiger charge is -2.10. The quantitative estimate of drug-likeness (QED) is 0.697. The third kappa shape index (κ3) is 4.04. The van der Waals surface area contributed by atoms with Crippen molar-refractivity contribution >= 4 is 28.6 Å². The van der Waals surface area contributed by atoms with Gasteiger partial charge in [-0.15, -0.1) is 0 Å². The summed E-state index contributed by atoms with van der Waals surface area (Å²) in [5, 5.41) is 4.58. The molecule has 3 rings (SSSR count). The Kier molecular flexibility index (Phi) is 5.09. The predicted molar refractivity (Wildman–Crippen MR) is 102 cm³/mol. The number of aromatic nitrogens is 1. The van der Waals surface area contributed by atoms with Crippen LogP contribution in [0.15, 0.2) is 66.4 Å². The molecule has 25 heavy (non-hydrogen) atoms. The minimum Gasteiger partial charge on any atom is -0.465 e. The molecular formula is C21H20N2O2. The van der Waals surface area contributed by atoms with Crippen LogP contribution in [0.3, 0.4) is 0 Å². The second-order valence-corrected chi connectivity index (χ2v) is 5.83. The molecule has 4 heteroatoms. The summed E-state index contributed by atoms with van der Waals surface area (Å²) in [5.41, 5.74) is 4.84. The first-order chi connectivity index (χ1) is 12.2. The van der Waals surface area contributed by atoms with E-state index in [-0.39, 0.29) is 5.97 Å². The normalized spacial score (nSPS) is 11.4. The number of fused-ring (bicyclic) bond motifs is 1. The minimum absolute atomic E-state index is 0.321. The topological polar surface area (TPSA) is 51.2 Å². The summed E-state index contributed by atoms with van der Waals surface area (Å²) in [6, 6.07) is 17.4. The molecule has 0 unspecified atom stereocenters. The maximum absolute atomic E-state index is 11.5. The van der Waals surface area contributed by atoms with E-state index in [1.165, 1.54) is 12.7 Å². The van der Waals surface area contributed by atoms with Crippen LogP contribution in [0, 0.1) is 0 Å². The molecule has 3 aromatic rings. The first kappa shape index (κ1) is 16.7. The molecule has 0 fully saturated rings. The lowest BCUT2D eigenvalue weighted by atomic mass is 10.1. The van der Waals surface area contributed by atoms with Crippen molar-refractivity contribution in [2.24, 2.45) is 0 Å². The summed E-state index contributed by atoms with van der Waals surface area (Å²) < 4.78 is 4.71. The molecule has 0 radical (unpaired) electrons. The van der Waals surface area contributed by atoms with Gasteiger partial charge >= 0.3 is 5.97 Å². The highest BCUT2D eigenvalue weighted by atomic mass is 16.5. The van der Waals surface area contributed by atoms with Crippen LogP contribution in [0.1, 0.15) is 22.8 Å². The van der Waals surface area contributed by atoms with Crippen LogP contribution in [0.2, 0.25) is 0 Å². The van der Waals surface area contributed by atoms with Crippen LogP contribution in [0.5, 0.6) is 0 Å². The van der Waals surface area contributed by atoms with Gasteiger partial charge in [0.15, 0.2) is 0 Å². The zero-order valence-electron chi connectivity index (χ0n) is 14.3. The number of hydrogen-bond acceptors (Lipinski definition) is 4. The molecular weight excluding hydrogens is 312 g/mol. The monoisotopic (exact) mass is 332 g/mol. The molecule has 0 saturated heterocycles. The number of rotatable bonds is 5. The molecule has 0 atom stereocenters. The Morgan fingerprint density at radius 2 is 1.92 bits per heavy atom. The van der Waals surface area contributed by atoms with Gasteiger partial charge in [0, 0.05) is 23.8 Å². The fourth-order valence-electron chi connectivity index (χ4n) is 2.66. The second-order valence-electron chi connectivity index (χ2n) is 5.83. The molecule has 4 nitrogen and oxygen atoms in total. The first-order valence-electron chi connectivity index (χ1n) is 8.10. The van der Waals surface area contributed by atoms with E-state index in [0.717, 1.165) is 28.7 Å². The molecule has 1 heterocycles. The Bertz CT molecular complexity index is 909. The Balaban J connectivity index is 1.70. The van der Waals surface area contributed by atoms with Gasteiger partial charge in [-0.1, -0.05) is 29.8 Å². The van der Waals surface area contributed by atoms with Crippen LogP contribution in [-0.2, 0) is 4.74 Å². The van der Waals surface area contributed by atoms with Crippen molar-refractivity contribution in [1.29, 1.82) is 0 Å². The zero-order chi connectivity index (χ0) is 17.6.